The van der Waals surface area contributed by atoms with Crippen molar-refractivity contribution in [2.75, 3.05) is 33.1 Å². The lowest BCUT2D eigenvalue weighted by molar-refractivity contribution is -0.116. The third-order valence-corrected chi connectivity index (χ3v) is 5.65. The monoisotopic (exact) mass is 398 g/mol. The number of rotatable bonds is 7. The van der Waals surface area contributed by atoms with Gasteiger partial charge in [-0.15, -0.1) is 0 Å². The first-order valence-electron chi connectivity index (χ1n) is 7.51. The number of carbonyl (C=O) groups is 1. The van der Waals surface area contributed by atoms with Crippen molar-refractivity contribution in [2.45, 2.75) is 4.90 Å². The number of ether oxygens (including phenoxy) is 2. The number of halogens is 1. The van der Waals surface area contributed by atoms with Crippen LogP contribution in [0.15, 0.2) is 47.4 Å². The Balaban J connectivity index is 2.10. The molecule has 0 heterocycles. The molecule has 0 radical (unpaired) electrons. The summed E-state index contributed by atoms with van der Waals surface area (Å²) in [6.45, 7) is -0.358. The highest BCUT2D eigenvalue weighted by Crippen LogP contribution is 2.28. The standard InChI is InChI=1S/C17H19ClN2O5S/c1-20(11-17(21)19-12-5-4-6-13(9-12)24-2)26(22,23)14-7-8-16(25-3)15(18)10-14/h4-10H,11H2,1-3H3,(H,19,21). The zero-order chi connectivity index (χ0) is 19.3. The molecule has 2 rings (SSSR count). The van der Waals surface area contributed by atoms with Crippen LogP contribution in [0.25, 0.3) is 0 Å². The molecule has 0 bridgehead atoms. The second kappa shape index (κ2) is 8.39. The van der Waals surface area contributed by atoms with Crippen LogP contribution in [0.5, 0.6) is 11.5 Å². The third-order valence-electron chi connectivity index (χ3n) is 3.55. The molecule has 2 aromatic carbocycles. The minimum Gasteiger partial charge on any atom is -0.497 e. The molecule has 1 N–H and O–H groups in total. The molecule has 0 aliphatic rings. The van der Waals surface area contributed by atoms with E-state index in [1.54, 1.807) is 24.3 Å². The van der Waals surface area contributed by atoms with Gasteiger partial charge in [0.25, 0.3) is 0 Å². The zero-order valence-electron chi connectivity index (χ0n) is 14.5. The fourth-order valence-corrected chi connectivity index (χ4v) is 3.65. The Morgan fingerprint density at radius 1 is 1.15 bits per heavy atom. The van der Waals surface area contributed by atoms with Gasteiger partial charge in [-0.3, -0.25) is 4.79 Å². The van der Waals surface area contributed by atoms with E-state index >= 15 is 0 Å². The fourth-order valence-electron chi connectivity index (χ4n) is 2.18. The second-order valence-electron chi connectivity index (χ2n) is 5.34. The van der Waals surface area contributed by atoms with Crippen molar-refractivity contribution >= 4 is 33.2 Å². The van der Waals surface area contributed by atoms with Crippen LogP contribution in [0, 0.1) is 0 Å². The summed E-state index contributed by atoms with van der Waals surface area (Å²) < 4.78 is 36.2. The van der Waals surface area contributed by atoms with Crippen LogP contribution in [0.3, 0.4) is 0 Å². The molecule has 1 amide bonds. The highest BCUT2D eigenvalue weighted by atomic mass is 35.5. The second-order valence-corrected chi connectivity index (χ2v) is 7.79. The summed E-state index contributed by atoms with van der Waals surface area (Å²) in [5.41, 5.74) is 0.507. The number of hydrogen-bond donors (Lipinski definition) is 1. The minimum atomic E-state index is -3.88. The van der Waals surface area contributed by atoms with Crippen molar-refractivity contribution in [3.63, 3.8) is 0 Å². The van der Waals surface area contributed by atoms with E-state index in [9.17, 15) is 13.2 Å². The van der Waals surface area contributed by atoms with Gasteiger partial charge in [-0.1, -0.05) is 17.7 Å². The van der Waals surface area contributed by atoms with E-state index in [0.29, 0.717) is 17.2 Å². The summed E-state index contributed by atoms with van der Waals surface area (Å²) in [6.07, 6.45) is 0. The number of methoxy groups -OCH3 is 2. The maximum absolute atomic E-state index is 12.6. The molecule has 0 aliphatic heterocycles. The van der Waals surface area contributed by atoms with Crippen molar-refractivity contribution in [1.82, 2.24) is 4.31 Å². The minimum absolute atomic E-state index is 0.0278. The van der Waals surface area contributed by atoms with Crippen LogP contribution in [-0.4, -0.2) is 46.4 Å². The van der Waals surface area contributed by atoms with Gasteiger partial charge in [0.1, 0.15) is 11.5 Å². The largest absolute Gasteiger partial charge is 0.497 e. The van der Waals surface area contributed by atoms with Crippen molar-refractivity contribution in [3.8, 4) is 11.5 Å². The molecule has 140 valence electrons. The first kappa shape index (κ1) is 20.0. The molecule has 7 nitrogen and oxygen atoms in total. The highest BCUT2D eigenvalue weighted by Gasteiger charge is 2.24. The molecule has 0 spiro atoms. The summed E-state index contributed by atoms with van der Waals surface area (Å²) in [6, 6.07) is 10.9. The number of anilines is 1. The Kier molecular flexibility index (Phi) is 6.47. The molecule has 0 aliphatic carbocycles. The van der Waals surface area contributed by atoms with Crippen molar-refractivity contribution in [2.24, 2.45) is 0 Å². The maximum atomic E-state index is 12.6. The normalized spacial score (nSPS) is 11.3. The van der Waals surface area contributed by atoms with E-state index in [1.165, 1.54) is 39.5 Å². The molecule has 0 saturated carbocycles. The number of hydrogen-bond acceptors (Lipinski definition) is 5. The van der Waals surface area contributed by atoms with Gasteiger partial charge in [0.05, 0.1) is 30.7 Å². The summed E-state index contributed by atoms with van der Waals surface area (Å²) >= 11 is 5.98. The Labute approximate surface area is 157 Å². The molecule has 26 heavy (non-hydrogen) atoms. The Bertz CT molecular complexity index is 902. The number of sulfonamides is 1. The van der Waals surface area contributed by atoms with Crippen molar-refractivity contribution in [1.29, 1.82) is 0 Å². The zero-order valence-corrected chi connectivity index (χ0v) is 16.1. The van der Waals surface area contributed by atoms with Gasteiger partial charge >= 0.3 is 0 Å². The van der Waals surface area contributed by atoms with Crippen LogP contribution in [0.1, 0.15) is 0 Å². The topological polar surface area (TPSA) is 84.9 Å². The van der Waals surface area contributed by atoms with Crippen LogP contribution in [-0.2, 0) is 14.8 Å². The van der Waals surface area contributed by atoms with Crippen LogP contribution >= 0.6 is 11.6 Å². The molecular weight excluding hydrogens is 380 g/mol. The highest BCUT2D eigenvalue weighted by molar-refractivity contribution is 7.89. The van der Waals surface area contributed by atoms with Gasteiger partial charge in [0.15, 0.2) is 0 Å². The Morgan fingerprint density at radius 3 is 2.50 bits per heavy atom. The van der Waals surface area contributed by atoms with Gasteiger partial charge in [0.2, 0.25) is 15.9 Å². The van der Waals surface area contributed by atoms with E-state index in [2.05, 4.69) is 5.32 Å². The Morgan fingerprint density at radius 2 is 1.88 bits per heavy atom. The average molecular weight is 399 g/mol. The molecule has 0 unspecified atom stereocenters. The first-order chi connectivity index (χ1) is 12.3. The number of nitrogens with zero attached hydrogens (tertiary/aromatic N) is 1. The fraction of sp³-hybridized carbons (Fsp3) is 0.235. The predicted octanol–water partition coefficient (Wildman–Crippen LogP) is 2.62. The van der Waals surface area contributed by atoms with Crippen LogP contribution in [0.4, 0.5) is 5.69 Å². The summed E-state index contributed by atoms with van der Waals surface area (Å²) in [7, 11) is 0.389. The molecule has 2 aromatic rings. The summed E-state index contributed by atoms with van der Waals surface area (Å²) in [4.78, 5) is 12.1. The van der Waals surface area contributed by atoms with E-state index < -0.39 is 15.9 Å². The van der Waals surface area contributed by atoms with E-state index in [4.69, 9.17) is 21.1 Å². The van der Waals surface area contributed by atoms with Gasteiger partial charge in [-0.05, 0) is 30.3 Å². The number of amides is 1. The molecule has 9 heteroatoms. The number of benzene rings is 2. The molecule has 0 aromatic heterocycles. The lowest BCUT2D eigenvalue weighted by atomic mass is 10.3. The number of likely N-dealkylation sites (N-methyl/N-ethyl adjacent to an activating group) is 1. The molecule has 0 saturated heterocycles. The first-order valence-corrected chi connectivity index (χ1v) is 9.33. The summed E-state index contributed by atoms with van der Waals surface area (Å²) in [5.74, 6) is 0.463. The molecule has 0 atom stereocenters. The quantitative estimate of drug-likeness (QED) is 0.774. The van der Waals surface area contributed by atoms with Gasteiger partial charge in [-0.2, -0.15) is 4.31 Å². The Hall–Kier alpha value is -2.29. The van der Waals surface area contributed by atoms with Gasteiger partial charge in [-0.25, -0.2) is 8.42 Å². The predicted molar refractivity (Wildman–Crippen MR) is 99.4 cm³/mol. The molecule has 0 fully saturated rings. The van der Waals surface area contributed by atoms with E-state index in [1.807, 2.05) is 0 Å². The average Bonchev–Trinajstić information content (AvgIpc) is 2.61. The number of nitrogens with one attached hydrogen (secondary N) is 1. The van der Waals surface area contributed by atoms with E-state index in [-0.39, 0.29) is 16.5 Å². The van der Waals surface area contributed by atoms with Crippen molar-refractivity contribution in [3.05, 3.63) is 47.5 Å². The smallest absolute Gasteiger partial charge is 0.243 e. The maximum Gasteiger partial charge on any atom is 0.243 e. The van der Waals surface area contributed by atoms with Gasteiger partial charge < -0.3 is 14.8 Å². The SMILES string of the molecule is COc1cccc(NC(=O)CN(C)S(=O)(=O)c2ccc(OC)c(Cl)c2)c1. The molecular formula is C17H19ClN2O5S. The lowest BCUT2D eigenvalue weighted by Crippen LogP contribution is -2.35. The van der Waals surface area contributed by atoms with Crippen molar-refractivity contribution < 1.29 is 22.7 Å². The third kappa shape index (κ3) is 4.66. The van der Waals surface area contributed by atoms with Crippen LogP contribution < -0.4 is 14.8 Å². The number of carbonyl (C=O) groups excluding carboxylic acids is 1. The van der Waals surface area contributed by atoms with Gasteiger partial charge in [0, 0.05) is 18.8 Å². The van der Waals surface area contributed by atoms with Crippen LogP contribution in [0.2, 0.25) is 5.02 Å². The lowest BCUT2D eigenvalue weighted by Gasteiger charge is -2.17. The van der Waals surface area contributed by atoms with E-state index in [0.717, 1.165) is 4.31 Å². The summed E-state index contributed by atoms with van der Waals surface area (Å²) in [5, 5.41) is 2.80.